The van der Waals surface area contributed by atoms with Crippen molar-refractivity contribution in [3.05, 3.63) is 0 Å². The standard InChI is InChI=1S/C21H32N2O3/c1-20(26)11-16(12-20)22-18(24)17-3-2-4-23(17)19(25)21-8-13-5-14(9-21)7-15(6-13)10-21/h13-17,26H,2-12H2,1H3,(H,22,24). The average molecular weight is 360 g/mol. The normalized spacial score (nSPS) is 49.2. The van der Waals surface area contributed by atoms with E-state index >= 15 is 0 Å². The van der Waals surface area contributed by atoms with E-state index < -0.39 is 5.60 Å². The highest BCUT2D eigenvalue weighted by atomic mass is 16.3. The summed E-state index contributed by atoms with van der Waals surface area (Å²) in [5, 5.41) is 13.0. The van der Waals surface area contributed by atoms with Gasteiger partial charge in [-0.2, -0.15) is 0 Å². The average Bonchev–Trinajstić information content (AvgIpc) is 3.00. The molecule has 0 radical (unpaired) electrons. The maximum Gasteiger partial charge on any atom is 0.243 e. The second-order valence-electron chi connectivity index (χ2n) is 10.5. The lowest BCUT2D eigenvalue weighted by Crippen LogP contribution is -2.59. The lowest BCUT2D eigenvalue weighted by Gasteiger charge is -2.56. The Balaban J connectivity index is 1.28. The monoisotopic (exact) mass is 360 g/mol. The highest BCUT2D eigenvalue weighted by Gasteiger charge is 2.57. The molecule has 5 aliphatic carbocycles. The molecule has 5 saturated carbocycles. The van der Waals surface area contributed by atoms with Crippen LogP contribution in [0.1, 0.15) is 71.1 Å². The van der Waals surface area contributed by atoms with Crippen molar-refractivity contribution in [2.45, 2.75) is 88.8 Å². The van der Waals surface area contributed by atoms with E-state index in [1.165, 1.54) is 19.3 Å². The quantitative estimate of drug-likeness (QED) is 0.811. The fourth-order valence-corrected chi connectivity index (χ4v) is 7.36. The van der Waals surface area contributed by atoms with Crippen LogP contribution in [0.3, 0.4) is 0 Å². The number of hydrogen-bond acceptors (Lipinski definition) is 3. The molecule has 1 atom stereocenters. The van der Waals surface area contributed by atoms with Crippen LogP contribution in [-0.2, 0) is 9.59 Å². The zero-order chi connectivity index (χ0) is 18.1. The Bertz CT molecular complexity index is 585. The summed E-state index contributed by atoms with van der Waals surface area (Å²) >= 11 is 0. The zero-order valence-electron chi connectivity index (χ0n) is 15.9. The lowest BCUT2D eigenvalue weighted by molar-refractivity contribution is -0.160. The predicted molar refractivity (Wildman–Crippen MR) is 97.1 cm³/mol. The van der Waals surface area contributed by atoms with Gasteiger partial charge in [0.25, 0.3) is 0 Å². The number of likely N-dealkylation sites (tertiary alicyclic amines) is 1. The summed E-state index contributed by atoms with van der Waals surface area (Å²) in [6, 6.07) is -0.226. The molecular formula is C21H32N2O3. The first-order valence-electron chi connectivity index (χ1n) is 10.7. The maximum absolute atomic E-state index is 13.6. The third-order valence-corrected chi connectivity index (χ3v) is 8.03. The van der Waals surface area contributed by atoms with Crippen LogP contribution in [0.2, 0.25) is 0 Å². The molecule has 1 heterocycles. The van der Waals surface area contributed by atoms with Crippen molar-refractivity contribution in [3.63, 3.8) is 0 Å². The Morgan fingerprint density at radius 3 is 2.12 bits per heavy atom. The minimum atomic E-state index is -0.637. The molecule has 4 bridgehead atoms. The molecule has 6 aliphatic rings. The van der Waals surface area contributed by atoms with Crippen LogP contribution in [0.15, 0.2) is 0 Å². The molecule has 0 aromatic carbocycles. The number of carbonyl (C=O) groups excluding carboxylic acids is 2. The van der Waals surface area contributed by atoms with Crippen molar-refractivity contribution in [2.75, 3.05) is 6.54 Å². The van der Waals surface area contributed by atoms with Gasteiger partial charge in [0, 0.05) is 12.6 Å². The number of nitrogens with zero attached hydrogens (tertiary/aromatic N) is 1. The fourth-order valence-electron chi connectivity index (χ4n) is 7.36. The van der Waals surface area contributed by atoms with Crippen LogP contribution >= 0.6 is 0 Å². The third-order valence-electron chi connectivity index (χ3n) is 8.03. The Morgan fingerprint density at radius 2 is 1.58 bits per heavy atom. The first-order valence-corrected chi connectivity index (χ1v) is 10.7. The van der Waals surface area contributed by atoms with Crippen LogP contribution in [0.25, 0.3) is 0 Å². The molecule has 0 aromatic rings. The third kappa shape index (κ3) is 2.69. The molecule has 0 spiro atoms. The molecule has 1 aliphatic heterocycles. The molecule has 144 valence electrons. The van der Waals surface area contributed by atoms with Gasteiger partial charge in [-0.1, -0.05) is 0 Å². The number of carbonyl (C=O) groups is 2. The van der Waals surface area contributed by atoms with Gasteiger partial charge in [0.05, 0.1) is 11.0 Å². The van der Waals surface area contributed by atoms with E-state index in [1.54, 1.807) is 0 Å². The van der Waals surface area contributed by atoms with Crippen molar-refractivity contribution in [1.29, 1.82) is 0 Å². The molecule has 2 N–H and O–H groups in total. The number of amides is 2. The second kappa shape index (κ2) is 5.70. The van der Waals surface area contributed by atoms with E-state index in [4.69, 9.17) is 0 Å². The van der Waals surface area contributed by atoms with Crippen molar-refractivity contribution in [2.24, 2.45) is 23.2 Å². The highest BCUT2D eigenvalue weighted by molar-refractivity contribution is 5.91. The van der Waals surface area contributed by atoms with Gasteiger partial charge in [0.15, 0.2) is 0 Å². The van der Waals surface area contributed by atoms with Crippen molar-refractivity contribution in [3.8, 4) is 0 Å². The summed E-state index contributed by atoms with van der Waals surface area (Å²) in [6.07, 6.45) is 10.1. The molecular weight excluding hydrogens is 328 g/mol. The van der Waals surface area contributed by atoms with Crippen LogP contribution < -0.4 is 5.32 Å². The van der Waals surface area contributed by atoms with Gasteiger partial charge in [0.1, 0.15) is 6.04 Å². The first kappa shape index (κ1) is 17.0. The van der Waals surface area contributed by atoms with Crippen molar-refractivity contribution < 1.29 is 14.7 Å². The highest BCUT2D eigenvalue weighted by Crippen LogP contribution is 2.60. The first-order chi connectivity index (χ1) is 12.3. The van der Waals surface area contributed by atoms with E-state index in [0.29, 0.717) is 12.8 Å². The van der Waals surface area contributed by atoms with Gasteiger partial charge in [-0.3, -0.25) is 9.59 Å². The van der Waals surface area contributed by atoms with Crippen LogP contribution in [0.4, 0.5) is 0 Å². The smallest absolute Gasteiger partial charge is 0.243 e. The van der Waals surface area contributed by atoms with Gasteiger partial charge < -0.3 is 15.3 Å². The Hall–Kier alpha value is -1.10. The molecule has 26 heavy (non-hydrogen) atoms. The van der Waals surface area contributed by atoms with E-state index in [-0.39, 0.29) is 29.3 Å². The van der Waals surface area contributed by atoms with Crippen LogP contribution in [0.5, 0.6) is 0 Å². The summed E-state index contributed by atoms with van der Waals surface area (Å²) in [5.74, 6) is 2.53. The molecule has 5 nitrogen and oxygen atoms in total. The molecule has 0 aromatic heterocycles. The van der Waals surface area contributed by atoms with Crippen molar-refractivity contribution >= 4 is 11.8 Å². The van der Waals surface area contributed by atoms with E-state index in [2.05, 4.69) is 5.32 Å². The Labute approximate surface area is 155 Å². The summed E-state index contributed by atoms with van der Waals surface area (Å²) in [4.78, 5) is 28.3. The summed E-state index contributed by atoms with van der Waals surface area (Å²) in [6.45, 7) is 2.55. The minimum absolute atomic E-state index is 0.000998. The Morgan fingerprint density at radius 1 is 1.00 bits per heavy atom. The number of nitrogens with one attached hydrogen (secondary N) is 1. The van der Waals surface area contributed by atoms with Gasteiger partial charge in [0.2, 0.25) is 11.8 Å². The largest absolute Gasteiger partial charge is 0.390 e. The molecule has 1 saturated heterocycles. The number of aliphatic hydroxyl groups is 1. The van der Waals surface area contributed by atoms with Crippen LogP contribution in [0, 0.1) is 23.2 Å². The summed E-state index contributed by atoms with van der Waals surface area (Å²) in [5.41, 5.74) is -0.792. The van der Waals surface area contributed by atoms with Gasteiger partial charge >= 0.3 is 0 Å². The van der Waals surface area contributed by atoms with Crippen molar-refractivity contribution in [1.82, 2.24) is 10.2 Å². The lowest BCUT2D eigenvalue weighted by atomic mass is 9.49. The van der Waals surface area contributed by atoms with Gasteiger partial charge in [-0.05, 0) is 88.9 Å². The molecule has 5 heteroatoms. The molecule has 1 unspecified atom stereocenters. The topological polar surface area (TPSA) is 69.6 Å². The summed E-state index contributed by atoms with van der Waals surface area (Å²) < 4.78 is 0. The second-order valence-corrected chi connectivity index (χ2v) is 10.5. The number of rotatable bonds is 3. The summed E-state index contributed by atoms with van der Waals surface area (Å²) in [7, 11) is 0. The van der Waals surface area contributed by atoms with Gasteiger partial charge in [-0.25, -0.2) is 0 Å². The zero-order valence-corrected chi connectivity index (χ0v) is 15.9. The number of hydrogen-bond donors (Lipinski definition) is 2. The molecule has 6 fully saturated rings. The molecule has 2 amide bonds. The van der Waals surface area contributed by atoms with Gasteiger partial charge in [-0.15, -0.1) is 0 Å². The van der Waals surface area contributed by atoms with E-state index in [0.717, 1.165) is 56.4 Å². The maximum atomic E-state index is 13.6. The molecule has 6 rings (SSSR count). The fraction of sp³-hybridized carbons (Fsp3) is 0.905. The SMILES string of the molecule is CC1(O)CC(NC(=O)C2CCCN2C(=O)C23CC4CC(CC(C4)C2)C3)C1. The van der Waals surface area contributed by atoms with E-state index in [1.807, 2.05) is 11.8 Å². The van der Waals surface area contributed by atoms with E-state index in [9.17, 15) is 14.7 Å². The minimum Gasteiger partial charge on any atom is -0.390 e. The Kier molecular flexibility index (Phi) is 3.73. The van der Waals surface area contributed by atoms with Crippen LogP contribution in [-0.4, -0.2) is 46.1 Å². The predicted octanol–water partition coefficient (Wildman–Crippen LogP) is 2.22.